The van der Waals surface area contributed by atoms with E-state index in [2.05, 4.69) is 10.2 Å². The third-order valence-corrected chi connectivity index (χ3v) is 2.19. The number of azo groups is 1. The summed E-state index contributed by atoms with van der Waals surface area (Å²) >= 11 is 0. The number of nitrogens with zero attached hydrogens (tertiary/aromatic N) is 2. The number of allylic oxidation sites excluding steroid dienone is 2. The molecule has 0 spiro atoms. The number of aliphatic hydroxyl groups is 1. The van der Waals surface area contributed by atoms with Crippen LogP contribution in [0.2, 0.25) is 0 Å². The number of hydrogen-bond donors (Lipinski definition) is 1. The molecule has 0 radical (unpaired) electrons. The fourth-order valence-electron chi connectivity index (χ4n) is 1.32. The molecule has 1 atom stereocenters. The topological polar surface area (TPSA) is 45.0 Å². The van der Waals surface area contributed by atoms with Crippen molar-refractivity contribution in [1.29, 1.82) is 0 Å². The average molecular weight is 218 g/mol. The third-order valence-electron chi connectivity index (χ3n) is 2.19. The molecule has 0 aliphatic heterocycles. The zero-order chi connectivity index (χ0) is 11.4. The molecule has 1 aliphatic carbocycles. The second-order valence-corrected chi connectivity index (χ2v) is 3.55. The highest BCUT2D eigenvalue weighted by Gasteiger charge is 2.22. The number of halogens is 1. The Labute approximate surface area is 92.6 Å². The lowest BCUT2D eigenvalue weighted by molar-refractivity contribution is 0.0956. The maximum absolute atomic E-state index is 12.6. The molecule has 1 aliphatic rings. The van der Waals surface area contributed by atoms with Crippen LogP contribution in [0.5, 0.6) is 0 Å². The summed E-state index contributed by atoms with van der Waals surface area (Å²) in [5.41, 5.74) is -0.763. The van der Waals surface area contributed by atoms with E-state index in [1.54, 1.807) is 12.2 Å². The van der Waals surface area contributed by atoms with Crippen molar-refractivity contribution in [3.8, 4) is 0 Å². The van der Waals surface area contributed by atoms with Crippen LogP contribution in [-0.4, -0.2) is 10.8 Å². The largest absolute Gasteiger partial charge is 0.364 e. The van der Waals surface area contributed by atoms with E-state index in [0.717, 1.165) is 0 Å². The van der Waals surface area contributed by atoms with Gasteiger partial charge in [0.25, 0.3) is 0 Å². The smallest absolute Gasteiger partial charge is 0.199 e. The van der Waals surface area contributed by atoms with E-state index in [9.17, 15) is 9.50 Å². The summed E-state index contributed by atoms with van der Waals surface area (Å²) in [7, 11) is 0. The fraction of sp³-hybridized carbons (Fsp3) is 0.167. The normalized spacial score (nSPS) is 24.1. The van der Waals surface area contributed by atoms with Gasteiger partial charge in [0, 0.05) is 6.42 Å². The number of benzene rings is 1. The van der Waals surface area contributed by atoms with Crippen LogP contribution in [-0.2, 0) is 0 Å². The summed E-state index contributed by atoms with van der Waals surface area (Å²) in [5.74, 6) is -0.321. The molecule has 16 heavy (non-hydrogen) atoms. The molecule has 1 aromatic rings. The van der Waals surface area contributed by atoms with Gasteiger partial charge in [0.15, 0.2) is 5.72 Å². The Morgan fingerprint density at radius 1 is 1.19 bits per heavy atom. The maximum Gasteiger partial charge on any atom is 0.199 e. The quantitative estimate of drug-likeness (QED) is 0.761. The molecule has 1 unspecified atom stereocenters. The molecule has 2 rings (SSSR count). The molecule has 0 fully saturated rings. The highest BCUT2D eigenvalue weighted by molar-refractivity contribution is 5.35. The molecule has 0 amide bonds. The Balaban J connectivity index is 2.12. The lowest BCUT2D eigenvalue weighted by Crippen LogP contribution is -2.22. The van der Waals surface area contributed by atoms with Crippen molar-refractivity contribution in [2.45, 2.75) is 12.1 Å². The van der Waals surface area contributed by atoms with Crippen LogP contribution in [0.15, 0.2) is 58.8 Å². The molecule has 1 aromatic carbocycles. The van der Waals surface area contributed by atoms with Crippen LogP contribution in [0.1, 0.15) is 6.42 Å². The van der Waals surface area contributed by atoms with E-state index in [1.807, 2.05) is 12.2 Å². The molecule has 4 heteroatoms. The molecule has 0 heterocycles. The van der Waals surface area contributed by atoms with Crippen LogP contribution in [0, 0.1) is 5.82 Å². The van der Waals surface area contributed by atoms with Gasteiger partial charge in [0.2, 0.25) is 0 Å². The molecule has 0 saturated heterocycles. The first-order valence-corrected chi connectivity index (χ1v) is 4.93. The highest BCUT2D eigenvalue weighted by Crippen LogP contribution is 2.22. The highest BCUT2D eigenvalue weighted by atomic mass is 19.1. The number of rotatable bonds is 2. The Kier molecular flexibility index (Phi) is 2.92. The molecule has 0 saturated carbocycles. The van der Waals surface area contributed by atoms with Gasteiger partial charge in [0.1, 0.15) is 5.82 Å². The molecular weight excluding hydrogens is 207 g/mol. The van der Waals surface area contributed by atoms with Gasteiger partial charge < -0.3 is 5.11 Å². The SMILES string of the molecule is OC1(N=Nc2ccc(F)cc2)C=CC=CC1. The molecular formula is C12H11FN2O. The van der Waals surface area contributed by atoms with Gasteiger partial charge in [-0.1, -0.05) is 18.2 Å². The first-order chi connectivity index (χ1) is 7.68. The van der Waals surface area contributed by atoms with Crippen LogP contribution in [0.4, 0.5) is 10.1 Å². The second kappa shape index (κ2) is 4.37. The molecule has 1 N–H and O–H groups in total. The van der Waals surface area contributed by atoms with Crippen molar-refractivity contribution in [2.24, 2.45) is 10.2 Å². The van der Waals surface area contributed by atoms with Gasteiger partial charge in [-0.15, -0.1) is 5.11 Å². The zero-order valence-corrected chi connectivity index (χ0v) is 8.55. The molecule has 0 aromatic heterocycles. The minimum atomic E-state index is -1.27. The Morgan fingerprint density at radius 2 is 1.94 bits per heavy atom. The maximum atomic E-state index is 12.6. The minimum absolute atomic E-state index is 0.321. The van der Waals surface area contributed by atoms with E-state index >= 15 is 0 Å². The average Bonchev–Trinajstić information content (AvgIpc) is 2.29. The monoisotopic (exact) mass is 218 g/mol. The predicted molar refractivity (Wildman–Crippen MR) is 58.8 cm³/mol. The van der Waals surface area contributed by atoms with E-state index in [4.69, 9.17) is 0 Å². The van der Waals surface area contributed by atoms with Crippen molar-refractivity contribution in [3.63, 3.8) is 0 Å². The van der Waals surface area contributed by atoms with E-state index in [-0.39, 0.29) is 5.82 Å². The van der Waals surface area contributed by atoms with Crippen LogP contribution in [0.25, 0.3) is 0 Å². The van der Waals surface area contributed by atoms with E-state index < -0.39 is 5.72 Å². The van der Waals surface area contributed by atoms with Crippen molar-refractivity contribution in [2.75, 3.05) is 0 Å². The Bertz CT molecular complexity index is 451. The van der Waals surface area contributed by atoms with E-state index in [1.165, 1.54) is 24.3 Å². The van der Waals surface area contributed by atoms with Crippen LogP contribution < -0.4 is 0 Å². The molecule has 82 valence electrons. The van der Waals surface area contributed by atoms with Crippen molar-refractivity contribution >= 4 is 5.69 Å². The first kappa shape index (κ1) is 10.7. The van der Waals surface area contributed by atoms with Gasteiger partial charge >= 0.3 is 0 Å². The van der Waals surface area contributed by atoms with Gasteiger partial charge in [-0.2, -0.15) is 5.11 Å². The van der Waals surface area contributed by atoms with Crippen molar-refractivity contribution in [1.82, 2.24) is 0 Å². The lowest BCUT2D eigenvalue weighted by Gasteiger charge is -2.17. The molecule has 0 bridgehead atoms. The zero-order valence-electron chi connectivity index (χ0n) is 8.55. The van der Waals surface area contributed by atoms with Crippen molar-refractivity contribution < 1.29 is 9.50 Å². The van der Waals surface area contributed by atoms with Gasteiger partial charge in [-0.3, -0.25) is 0 Å². The van der Waals surface area contributed by atoms with Crippen LogP contribution >= 0.6 is 0 Å². The third kappa shape index (κ3) is 2.61. The standard InChI is InChI=1S/C12H11FN2O/c13-10-4-6-11(7-5-10)14-15-12(16)8-2-1-3-9-12/h1-8,16H,9H2. The predicted octanol–water partition coefficient (Wildman–Crippen LogP) is 3.11. The summed E-state index contributed by atoms with van der Waals surface area (Å²) in [4.78, 5) is 0. The van der Waals surface area contributed by atoms with Gasteiger partial charge in [0.05, 0.1) is 5.69 Å². The summed E-state index contributed by atoms with van der Waals surface area (Å²) in [6.07, 6.45) is 7.33. The molecule has 3 nitrogen and oxygen atoms in total. The first-order valence-electron chi connectivity index (χ1n) is 4.93. The van der Waals surface area contributed by atoms with Crippen molar-refractivity contribution in [3.05, 3.63) is 54.4 Å². The van der Waals surface area contributed by atoms with Crippen LogP contribution in [0.3, 0.4) is 0 Å². The lowest BCUT2D eigenvalue weighted by atomic mass is 10.1. The Hall–Kier alpha value is -1.81. The summed E-state index contributed by atoms with van der Waals surface area (Å²) < 4.78 is 12.6. The minimum Gasteiger partial charge on any atom is -0.364 e. The number of hydrogen-bond acceptors (Lipinski definition) is 3. The van der Waals surface area contributed by atoms with Gasteiger partial charge in [-0.25, -0.2) is 4.39 Å². The fourth-order valence-corrected chi connectivity index (χ4v) is 1.32. The second-order valence-electron chi connectivity index (χ2n) is 3.55. The van der Waals surface area contributed by atoms with Gasteiger partial charge in [-0.05, 0) is 30.3 Å². The summed E-state index contributed by atoms with van der Waals surface area (Å²) in [5, 5.41) is 17.6. The summed E-state index contributed by atoms with van der Waals surface area (Å²) in [6, 6.07) is 5.61. The Morgan fingerprint density at radius 3 is 2.56 bits per heavy atom. The van der Waals surface area contributed by atoms with E-state index in [0.29, 0.717) is 12.1 Å². The summed E-state index contributed by atoms with van der Waals surface area (Å²) in [6.45, 7) is 0.